The van der Waals surface area contributed by atoms with Crippen LogP contribution in [0.2, 0.25) is 0 Å². The molecule has 2 N–H and O–H groups in total. The van der Waals surface area contributed by atoms with Crippen LogP contribution in [0, 0.1) is 0 Å². The van der Waals surface area contributed by atoms with Crippen molar-refractivity contribution in [2.75, 3.05) is 6.61 Å². The molecule has 0 bridgehead atoms. The molecule has 2 aromatic rings. The van der Waals surface area contributed by atoms with Crippen LogP contribution in [-0.2, 0) is 0 Å². The summed E-state index contributed by atoms with van der Waals surface area (Å²) in [4.78, 5) is 12.4. The van der Waals surface area contributed by atoms with Crippen molar-refractivity contribution in [1.29, 1.82) is 0 Å². The lowest BCUT2D eigenvalue weighted by atomic mass is 10.0. The molecule has 0 aliphatic rings. The van der Waals surface area contributed by atoms with E-state index in [1.807, 2.05) is 6.07 Å². The summed E-state index contributed by atoms with van der Waals surface area (Å²) in [6, 6.07) is 11.7. The monoisotopic (exact) mass is 328 g/mol. The average Bonchev–Trinajstić information content (AvgIpc) is 2.61. The van der Waals surface area contributed by atoms with Crippen molar-refractivity contribution in [1.82, 2.24) is 0 Å². The van der Waals surface area contributed by atoms with Gasteiger partial charge in [0.1, 0.15) is 0 Å². The molecule has 0 radical (unpaired) electrons. The van der Waals surface area contributed by atoms with Crippen molar-refractivity contribution in [3.8, 4) is 17.2 Å². The largest absolute Gasteiger partial charge is 0.504 e. The minimum atomic E-state index is -0.438. The molecule has 0 atom stereocenters. The van der Waals surface area contributed by atoms with Gasteiger partial charge in [-0.2, -0.15) is 0 Å². The highest BCUT2D eigenvalue weighted by molar-refractivity contribution is 6.11. The first-order chi connectivity index (χ1) is 11.6. The molecule has 0 spiro atoms. The first kappa shape index (κ1) is 17.9. The van der Waals surface area contributed by atoms with E-state index < -0.39 is 5.75 Å². The highest BCUT2D eigenvalue weighted by Crippen LogP contribution is 2.39. The van der Waals surface area contributed by atoms with Crippen LogP contribution in [-0.4, -0.2) is 22.6 Å². The predicted octanol–water partition coefficient (Wildman–Crippen LogP) is 4.68. The van der Waals surface area contributed by atoms with Crippen LogP contribution in [0.25, 0.3) is 0 Å². The third-order valence-corrected chi connectivity index (χ3v) is 3.90. The highest BCUT2D eigenvalue weighted by atomic mass is 16.5. The maximum atomic E-state index is 12.4. The van der Waals surface area contributed by atoms with Gasteiger partial charge in [0.15, 0.2) is 17.3 Å². The van der Waals surface area contributed by atoms with Gasteiger partial charge < -0.3 is 14.9 Å². The van der Waals surface area contributed by atoms with Crippen molar-refractivity contribution in [3.63, 3.8) is 0 Å². The number of aromatic hydroxyl groups is 2. The van der Waals surface area contributed by atoms with E-state index in [1.165, 1.54) is 31.4 Å². The summed E-state index contributed by atoms with van der Waals surface area (Å²) < 4.78 is 5.52. The Hall–Kier alpha value is -2.49. The Labute approximate surface area is 142 Å². The minimum absolute atomic E-state index is 0.0639. The van der Waals surface area contributed by atoms with Gasteiger partial charge in [-0.15, -0.1) is 0 Å². The van der Waals surface area contributed by atoms with Crippen LogP contribution >= 0.6 is 0 Å². The number of ketones is 1. The zero-order chi connectivity index (χ0) is 17.4. The van der Waals surface area contributed by atoms with Crippen LogP contribution in [0.3, 0.4) is 0 Å². The van der Waals surface area contributed by atoms with Crippen LogP contribution in [0.15, 0.2) is 42.5 Å². The molecule has 0 saturated heterocycles. The summed E-state index contributed by atoms with van der Waals surface area (Å²) in [5.41, 5.74) is 0.519. The summed E-state index contributed by atoms with van der Waals surface area (Å²) >= 11 is 0. The third kappa shape index (κ3) is 4.51. The lowest BCUT2D eigenvalue weighted by Crippen LogP contribution is -2.03. The van der Waals surface area contributed by atoms with Gasteiger partial charge in [0.2, 0.25) is 5.75 Å². The van der Waals surface area contributed by atoms with E-state index >= 15 is 0 Å². The molecule has 4 heteroatoms. The van der Waals surface area contributed by atoms with Crippen molar-refractivity contribution in [2.24, 2.45) is 0 Å². The molecule has 0 heterocycles. The number of carbonyl (C=O) groups is 1. The molecule has 0 aromatic heterocycles. The van der Waals surface area contributed by atoms with Crippen LogP contribution < -0.4 is 4.74 Å². The third-order valence-electron chi connectivity index (χ3n) is 3.90. The Morgan fingerprint density at radius 1 is 0.917 bits per heavy atom. The highest BCUT2D eigenvalue weighted by Gasteiger charge is 2.19. The minimum Gasteiger partial charge on any atom is -0.504 e. The van der Waals surface area contributed by atoms with Crippen molar-refractivity contribution >= 4 is 5.78 Å². The van der Waals surface area contributed by atoms with Gasteiger partial charge in [-0.1, -0.05) is 62.9 Å². The number of carbonyl (C=O) groups excluding carboxylic acids is 1. The van der Waals surface area contributed by atoms with E-state index in [0.29, 0.717) is 12.2 Å². The number of hydrogen-bond donors (Lipinski definition) is 2. The maximum Gasteiger partial charge on any atom is 0.201 e. The Bertz CT molecular complexity index is 665. The van der Waals surface area contributed by atoms with Gasteiger partial charge in [0.05, 0.1) is 12.2 Å². The first-order valence-corrected chi connectivity index (χ1v) is 8.42. The SMILES string of the molecule is CCCCCCCOc1ccc(C(=O)c2ccccc2)c(O)c1O. The van der Waals surface area contributed by atoms with Crippen LogP contribution in [0.5, 0.6) is 17.2 Å². The second-order valence-electron chi connectivity index (χ2n) is 5.77. The molecule has 0 fully saturated rings. The zero-order valence-electron chi connectivity index (χ0n) is 14.0. The van der Waals surface area contributed by atoms with Gasteiger partial charge in [0.25, 0.3) is 0 Å². The summed E-state index contributed by atoms with van der Waals surface area (Å²) in [5, 5.41) is 20.2. The molecule has 2 aromatic carbocycles. The average molecular weight is 328 g/mol. The standard InChI is InChI=1S/C20H24O4/c1-2-3-4-5-9-14-24-17-13-12-16(19(22)20(17)23)18(21)15-10-7-6-8-11-15/h6-8,10-13,22-23H,2-5,9,14H2,1H3. The smallest absolute Gasteiger partial charge is 0.201 e. The van der Waals surface area contributed by atoms with Crippen molar-refractivity contribution < 1.29 is 19.7 Å². The van der Waals surface area contributed by atoms with Crippen molar-refractivity contribution in [2.45, 2.75) is 39.0 Å². The maximum absolute atomic E-state index is 12.4. The molecule has 24 heavy (non-hydrogen) atoms. The van der Waals surface area contributed by atoms with Gasteiger partial charge in [0, 0.05) is 5.56 Å². The van der Waals surface area contributed by atoms with E-state index in [4.69, 9.17) is 4.74 Å². The van der Waals surface area contributed by atoms with Gasteiger partial charge in [-0.25, -0.2) is 0 Å². The Morgan fingerprint density at radius 2 is 1.62 bits per heavy atom. The fourth-order valence-corrected chi connectivity index (χ4v) is 2.49. The van der Waals surface area contributed by atoms with E-state index in [-0.39, 0.29) is 22.8 Å². The second kappa shape index (κ2) is 8.96. The van der Waals surface area contributed by atoms with Crippen LogP contribution in [0.1, 0.15) is 54.9 Å². The lowest BCUT2D eigenvalue weighted by Gasteiger charge is -2.11. The summed E-state index contributed by atoms with van der Waals surface area (Å²) in [5.74, 6) is -0.959. The van der Waals surface area contributed by atoms with Crippen LogP contribution in [0.4, 0.5) is 0 Å². The van der Waals surface area contributed by atoms with Gasteiger partial charge >= 0.3 is 0 Å². The van der Waals surface area contributed by atoms with Crippen molar-refractivity contribution in [3.05, 3.63) is 53.6 Å². The second-order valence-corrected chi connectivity index (χ2v) is 5.77. The summed E-state index contributed by atoms with van der Waals surface area (Å²) in [7, 11) is 0. The molecular weight excluding hydrogens is 304 g/mol. The Morgan fingerprint density at radius 3 is 2.33 bits per heavy atom. The Balaban J connectivity index is 2.02. The molecule has 0 aliphatic heterocycles. The van der Waals surface area contributed by atoms with E-state index in [9.17, 15) is 15.0 Å². The normalized spacial score (nSPS) is 10.5. The van der Waals surface area contributed by atoms with E-state index in [2.05, 4.69) is 6.92 Å². The topological polar surface area (TPSA) is 66.8 Å². The van der Waals surface area contributed by atoms with Gasteiger partial charge in [-0.05, 0) is 18.6 Å². The predicted molar refractivity (Wildman–Crippen MR) is 93.9 cm³/mol. The number of hydrogen-bond acceptors (Lipinski definition) is 4. The fraction of sp³-hybridized carbons (Fsp3) is 0.350. The first-order valence-electron chi connectivity index (χ1n) is 8.42. The zero-order valence-corrected chi connectivity index (χ0v) is 14.0. The quantitative estimate of drug-likeness (QED) is 0.398. The molecular formula is C20H24O4. The number of rotatable bonds is 9. The molecule has 0 unspecified atom stereocenters. The Kier molecular flexibility index (Phi) is 6.67. The molecule has 2 rings (SSSR count). The van der Waals surface area contributed by atoms with E-state index in [0.717, 1.165) is 12.8 Å². The molecule has 4 nitrogen and oxygen atoms in total. The number of unbranched alkanes of at least 4 members (excludes halogenated alkanes) is 4. The number of phenolic OH excluding ortho intramolecular Hbond substituents is 2. The fourth-order valence-electron chi connectivity index (χ4n) is 2.49. The number of benzene rings is 2. The lowest BCUT2D eigenvalue weighted by molar-refractivity contribution is 0.103. The molecule has 128 valence electrons. The summed E-state index contributed by atoms with van der Waals surface area (Å²) in [6.45, 7) is 2.64. The van der Waals surface area contributed by atoms with E-state index in [1.54, 1.807) is 24.3 Å². The summed E-state index contributed by atoms with van der Waals surface area (Å²) in [6.07, 6.45) is 5.53. The van der Waals surface area contributed by atoms with Gasteiger partial charge in [-0.3, -0.25) is 4.79 Å². The molecule has 0 aliphatic carbocycles. The molecule has 0 saturated carbocycles. The number of ether oxygens (including phenoxy) is 1. The number of phenols is 2. The molecule has 0 amide bonds.